The Kier molecular flexibility index (Phi) is 2.48. The van der Waals surface area contributed by atoms with Gasteiger partial charge in [0, 0.05) is 18.3 Å². The van der Waals surface area contributed by atoms with E-state index < -0.39 is 0 Å². The normalized spacial score (nSPS) is 17.6. The predicted molar refractivity (Wildman–Crippen MR) is 66.4 cm³/mol. The molecule has 1 unspecified atom stereocenters. The number of hydrogen-bond donors (Lipinski definition) is 2. The summed E-state index contributed by atoms with van der Waals surface area (Å²) in [5.74, 6) is 1.82. The van der Waals surface area contributed by atoms with Gasteiger partial charge in [0.15, 0.2) is 5.95 Å². The van der Waals surface area contributed by atoms with E-state index in [2.05, 4.69) is 21.4 Å². The predicted octanol–water partition coefficient (Wildman–Crippen LogP) is 2.13. The van der Waals surface area contributed by atoms with Crippen molar-refractivity contribution in [2.45, 2.75) is 19.4 Å². The first-order valence-corrected chi connectivity index (χ1v) is 5.81. The van der Waals surface area contributed by atoms with Crippen molar-refractivity contribution in [3.05, 3.63) is 41.7 Å². The van der Waals surface area contributed by atoms with Crippen LogP contribution in [0.15, 0.2) is 30.5 Å². The number of hydrogen-bond acceptors (Lipinski definition) is 3. The van der Waals surface area contributed by atoms with Crippen LogP contribution < -0.4 is 10.1 Å². The van der Waals surface area contributed by atoms with Gasteiger partial charge in [-0.15, -0.1) is 0 Å². The summed E-state index contributed by atoms with van der Waals surface area (Å²) in [6.45, 7) is 2.75. The van der Waals surface area contributed by atoms with E-state index in [1.54, 1.807) is 0 Å². The smallest absolute Gasteiger partial charge is 0.200 e. The fourth-order valence-corrected chi connectivity index (χ4v) is 2.08. The Labute approximate surface area is 100 Å². The van der Waals surface area contributed by atoms with Crippen molar-refractivity contribution in [3.8, 4) is 5.75 Å². The summed E-state index contributed by atoms with van der Waals surface area (Å²) >= 11 is 0. The molecule has 0 saturated carbocycles. The molecule has 2 heterocycles. The van der Waals surface area contributed by atoms with Crippen molar-refractivity contribution < 1.29 is 4.74 Å². The number of nitrogens with zero attached hydrogens (tertiary/aromatic N) is 1. The molecule has 1 aromatic carbocycles. The number of benzene rings is 1. The maximum absolute atomic E-state index is 5.83. The van der Waals surface area contributed by atoms with Gasteiger partial charge < -0.3 is 15.0 Å². The van der Waals surface area contributed by atoms with Crippen LogP contribution in [0.1, 0.15) is 11.3 Å². The molecule has 0 saturated heterocycles. The Morgan fingerprint density at radius 2 is 2.35 bits per heavy atom. The number of aromatic amines is 1. The van der Waals surface area contributed by atoms with Gasteiger partial charge in [0.25, 0.3) is 0 Å². The third kappa shape index (κ3) is 2.11. The van der Waals surface area contributed by atoms with Crippen LogP contribution in [0.3, 0.4) is 0 Å². The molecule has 0 spiro atoms. The molecule has 4 heteroatoms. The van der Waals surface area contributed by atoms with Gasteiger partial charge in [-0.05, 0) is 18.6 Å². The molecule has 2 N–H and O–H groups in total. The lowest BCUT2D eigenvalue weighted by atomic mass is 10.1. The highest BCUT2D eigenvalue weighted by Crippen LogP contribution is 2.27. The summed E-state index contributed by atoms with van der Waals surface area (Å²) in [6, 6.07) is 8.19. The van der Waals surface area contributed by atoms with E-state index in [0.29, 0.717) is 0 Å². The molecule has 88 valence electrons. The minimum Gasteiger partial charge on any atom is -0.488 e. The van der Waals surface area contributed by atoms with Crippen molar-refractivity contribution in [1.82, 2.24) is 9.97 Å². The molecule has 1 atom stereocenters. The van der Waals surface area contributed by atoms with Gasteiger partial charge in [-0.3, -0.25) is 0 Å². The summed E-state index contributed by atoms with van der Waals surface area (Å²) in [4.78, 5) is 7.35. The van der Waals surface area contributed by atoms with Crippen LogP contribution in [0.2, 0.25) is 0 Å². The lowest BCUT2D eigenvalue weighted by Gasteiger charge is -2.10. The topological polar surface area (TPSA) is 49.9 Å². The second-order valence-corrected chi connectivity index (χ2v) is 4.35. The summed E-state index contributed by atoms with van der Waals surface area (Å²) in [7, 11) is 0. The van der Waals surface area contributed by atoms with Gasteiger partial charge in [-0.1, -0.05) is 18.2 Å². The summed E-state index contributed by atoms with van der Waals surface area (Å²) in [5, 5.41) is 3.25. The van der Waals surface area contributed by atoms with Crippen molar-refractivity contribution in [3.63, 3.8) is 0 Å². The van der Waals surface area contributed by atoms with E-state index >= 15 is 0 Å². The summed E-state index contributed by atoms with van der Waals surface area (Å²) in [6.07, 6.45) is 2.97. The molecule has 0 radical (unpaired) electrons. The third-order valence-electron chi connectivity index (χ3n) is 2.91. The van der Waals surface area contributed by atoms with Crippen LogP contribution in [0.25, 0.3) is 0 Å². The highest BCUT2D eigenvalue weighted by Gasteiger charge is 2.21. The van der Waals surface area contributed by atoms with Crippen LogP contribution in [0, 0.1) is 6.92 Å². The first-order chi connectivity index (χ1) is 8.31. The second kappa shape index (κ2) is 4.13. The molecule has 17 heavy (non-hydrogen) atoms. The summed E-state index contributed by atoms with van der Waals surface area (Å²) < 4.78 is 5.83. The standard InChI is InChI=1S/C13H15N3O/c1-9-7-14-13(16-9)15-8-11-6-10-4-2-3-5-12(10)17-11/h2-5,7,11H,6,8H2,1H3,(H2,14,15,16). The minimum atomic E-state index is 0.192. The number of para-hydroxylation sites is 1. The Morgan fingerprint density at radius 3 is 3.12 bits per heavy atom. The maximum atomic E-state index is 5.83. The number of nitrogens with one attached hydrogen (secondary N) is 2. The third-order valence-corrected chi connectivity index (χ3v) is 2.91. The Bertz CT molecular complexity index is 496. The van der Waals surface area contributed by atoms with Crippen LogP contribution in [0.5, 0.6) is 5.75 Å². The van der Waals surface area contributed by atoms with Gasteiger partial charge in [0.05, 0.1) is 6.54 Å². The largest absolute Gasteiger partial charge is 0.488 e. The fourth-order valence-electron chi connectivity index (χ4n) is 2.08. The van der Waals surface area contributed by atoms with E-state index in [1.807, 2.05) is 31.3 Å². The molecule has 1 aliphatic rings. The van der Waals surface area contributed by atoms with Crippen molar-refractivity contribution in [1.29, 1.82) is 0 Å². The highest BCUT2D eigenvalue weighted by molar-refractivity contribution is 5.38. The molecule has 1 aliphatic heterocycles. The van der Waals surface area contributed by atoms with Gasteiger partial charge in [-0.25, -0.2) is 4.98 Å². The number of imidazole rings is 1. The first-order valence-electron chi connectivity index (χ1n) is 5.81. The zero-order valence-corrected chi connectivity index (χ0v) is 9.73. The van der Waals surface area contributed by atoms with Gasteiger partial charge in [-0.2, -0.15) is 0 Å². The highest BCUT2D eigenvalue weighted by atomic mass is 16.5. The number of ether oxygens (including phenoxy) is 1. The van der Waals surface area contributed by atoms with Crippen molar-refractivity contribution >= 4 is 5.95 Å². The Hall–Kier alpha value is -1.97. The lowest BCUT2D eigenvalue weighted by Crippen LogP contribution is -2.24. The van der Waals surface area contributed by atoms with Crippen molar-refractivity contribution in [2.75, 3.05) is 11.9 Å². The number of anilines is 1. The SMILES string of the molecule is Cc1cnc(NCC2Cc3ccccc3O2)[nH]1. The van der Waals surface area contributed by atoms with E-state index in [1.165, 1.54) is 5.56 Å². The quantitative estimate of drug-likeness (QED) is 0.847. The molecule has 0 amide bonds. The van der Waals surface area contributed by atoms with Gasteiger partial charge in [0.2, 0.25) is 0 Å². The maximum Gasteiger partial charge on any atom is 0.200 e. The van der Waals surface area contributed by atoms with E-state index in [4.69, 9.17) is 4.74 Å². The second-order valence-electron chi connectivity index (χ2n) is 4.35. The number of fused-ring (bicyclic) bond motifs is 1. The molecule has 0 bridgehead atoms. The van der Waals surface area contributed by atoms with E-state index in [9.17, 15) is 0 Å². The number of rotatable bonds is 3. The Morgan fingerprint density at radius 1 is 1.47 bits per heavy atom. The van der Waals surface area contributed by atoms with Gasteiger partial charge in [0.1, 0.15) is 11.9 Å². The first kappa shape index (κ1) is 10.2. The van der Waals surface area contributed by atoms with E-state index in [0.717, 1.165) is 30.4 Å². The van der Waals surface area contributed by atoms with Crippen LogP contribution in [-0.2, 0) is 6.42 Å². The number of H-pyrrole nitrogens is 1. The van der Waals surface area contributed by atoms with Gasteiger partial charge >= 0.3 is 0 Å². The molecule has 4 nitrogen and oxygen atoms in total. The molecular weight excluding hydrogens is 214 g/mol. The van der Waals surface area contributed by atoms with E-state index in [-0.39, 0.29) is 6.10 Å². The van der Waals surface area contributed by atoms with Crippen LogP contribution in [0.4, 0.5) is 5.95 Å². The average Bonchev–Trinajstić information content (AvgIpc) is 2.91. The monoisotopic (exact) mass is 229 g/mol. The van der Waals surface area contributed by atoms with Crippen LogP contribution >= 0.6 is 0 Å². The molecule has 0 aliphatic carbocycles. The molecule has 0 fully saturated rings. The Balaban J connectivity index is 1.59. The van der Waals surface area contributed by atoms with Crippen molar-refractivity contribution in [2.24, 2.45) is 0 Å². The molecule has 2 aromatic rings. The lowest BCUT2D eigenvalue weighted by molar-refractivity contribution is 0.246. The number of aromatic nitrogens is 2. The molecule has 3 rings (SSSR count). The fraction of sp³-hybridized carbons (Fsp3) is 0.308. The van der Waals surface area contributed by atoms with Crippen LogP contribution in [-0.4, -0.2) is 22.6 Å². The molecule has 1 aromatic heterocycles. The molecular formula is C13H15N3O. The minimum absolute atomic E-state index is 0.192. The summed E-state index contributed by atoms with van der Waals surface area (Å²) in [5.41, 5.74) is 2.35. The zero-order valence-electron chi connectivity index (χ0n) is 9.73. The zero-order chi connectivity index (χ0) is 11.7. The number of aryl methyl sites for hydroxylation is 1. The average molecular weight is 229 g/mol.